The number of nitrogens with one attached hydrogen (secondary N) is 2. The van der Waals surface area contributed by atoms with Crippen molar-refractivity contribution in [1.82, 2.24) is 5.32 Å². The number of hydrogen-bond donors (Lipinski definition) is 2. The number of halogens is 1. The number of fused-ring (bicyclic) bond motifs is 1. The first-order chi connectivity index (χ1) is 15.4. The van der Waals surface area contributed by atoms with Gasteiger partial charge in [0.1, 0.15) is 5.75 Å². The molecule has 3 aromatic carbocycles. The number of benzene rings is 3. The zero-order chi connectivity index (χ0) is 22.6. The largest absolute Gasteiger partial charge is 0.493 e. The number of sulfonamides is 1. The molecule has 2 N–H and O–H groups in total. The Labute approximate surface area is 191 Å². The maximum absolute atomic E-state index is 12.6. The number of rotatable bonds is 6. The molecular formula is C24H21ClN2O4S. The molecule has 0 spiro atoms. The minimum Gasteiger partial charge on any atom is -0.493 e. The lowest BCUT2D eigenvalue weighted by molar-refractivity contribution is -0.117. The summed E-state index contributed by atoms with van der Waals surface area (Å²) in [6, 6.07) is 20.4. The van der Waals surface area contributed by atoms with E-state index in [4.69, 9.17) is 16.3 Å². The molecule has 0 saturated carbocycles. The number of para-hydroxylation sites is 2. The van der Waals surface area contributed by atoms with E-state index >= 15 is 0 Å². The first kappa shape index (κ1) is 21.9. The zero-order valence-corrected chi connectivity index (χ0v) is 18.6. The molecule has 6 nitrogen and oxygen atoms in total. The van der Waals surface area contributed by atoms with Gasteiger partial charge in [-0.3, -0.25) is 9.52 Å². The van der Waals surface area contributed by atoms with Crippen molar-refractivity contribution >= 4 is 39.3 Å². The summed E-state index contributed by atoms with van der Waals surface area (Å²) in [6.45, 7) is 0.545. The Bertz CT molecular complexity index is 1260. The first-order valence-electron chi connectivity index (χ1n) is 10.00. The Morgan fingerprint density at radius 3 is 2.50 bits per heavy atom. The highest BCUT2D eigenvalue weighted by molar-refractivity contribution is 7.92. The molecule has 0 radical (unpaired) electrons. The third kappa shape index (κ3) is 5.12. The van der Waals surface area contributed by atoms with Gasteiger partial charge in [-0.05, 0) is 42.0 Å². The second-order valence-corrected chi connectivity index (χ2v) is 9.31. The predicted molar refractivity (Wildman–Crippen MR) is 125 cm³/mol. The van der Waals surface area contributed by atoms with Crippen molar-refractivity contribution in [2.45, 2.75) is 17.4 Å². The van der Waals surface area contributed by atoms with Crippen molar-refractivity contribution in [3.63, 3.8) is 0 Å². The molecular weight excluding hydrogens is 448 g/mol. The molecule has 0 aliphatic carbocycles. The summed E-state index contributed by atoms with van der Waals surface area (Å²) < 4.78 is 33.3. The van der Waals surface area contributed by atoms with Crippen LogP contribution in [0, 0.1) is 0 Å². The van der Waals surface area contributed by atoms with Gasteiger partial charge in [-0.15, -0.1) is 0 Å². The van der Waals surface area contributed by atoms with Crippen molar-refractivity contribution in [3.8, 4) is 5.75 Å². The Balaban J connectivity index is 1.40. The maximum Gasteiger partial charge on any atom is 0.261 e. The number of ether oxygens (including phenoxy) is 1. The van der Waals surface area contributed by atoms with Gasteiger partial charge in [0.2, 0.25) is 5.91 Å². The van der Waals surface area contributed by atoms with Crippen LogP contribution in [0.25, 0.3) is 6.08 Å². The van der Waals surface area contributed by atoms with Gasteiger partial charge in [0.25, 0.3) is 10.0 Å². The van der Waals surface area contributed by atoms with Crippen molar-refractivity contribution in [2.24, 2.45) is 0 Å². The molecule has 0 aromatic heterocycles. The van der Waals surface area contributed by atoms with Crippen molar-refractivity contribution in [1.29, 1.82) is 0 Å². The Hall–Kier alpha value is -3.29. The van der Waals surface area contributed by atoms with Crippen LogP contribution in [0.1, 0.15) is 23.6 Å². The van der Waals surface area contributed by atoms with Gasteiger partial charge in [0.05, 0.1) is 28.3 Å². The summed E-state index contributed by atoms with van der Waals surface area (Å²) in [4.78, 5) is 12.5. The van der Waals surface area contributed by atoms with Crippen LogP contribution in [-0.4, -0.2) is 20.9 Å². The maximum atomic E-state index is 12.6. The van der Waals surface area contributed by atoms with Gasteiger partial charge in [0.15, 0.2) is 0 Å². The standard InChI is InChI=1S/C24H21ClN2O4S/c25-20-6-2-3-7-22(20)27-32(29,30)18-12-9-17(10-13-18)11-14-24(28)26-21-15-16-31-23-8-4-1-5-19(21)23/h1-14,21,27H,15-16H2,(H,26,28)/b14-11+. The summed E-state index contributed by atoms with van der Waals surface area (Å²) >= 11 is 6.03. The van der Waals surface area contributed by atoms with Gasteiger partial charge in [-0.1, -0.05) is 54.1 Å². The molecule has 1 heterocycles. The van der Waals surface area contributed by atoms with Crippen LogP contribution in [-0.2, 0) is 14.8 Å². The van der Waals surface area contributed by atoms with Crippen LogP contribution in [0.3, 0.4) is 0 Å². The smallest absolute Gasteiger partial charge is 0.261 e. The van der Waals surface area contributed by atoms with Gasteiger partial charge in [-0.2, -0.15) is 0 Å². The number of amides is 1. The molecule has 1 aliphatic rings. The Kier molecular flexibility index (Phi) is 6.48. The molecule has 1 unspecified atom stereocenters. The van der Waals surface area contributed by atoms with E-state index in [0.717, 1.165) is 11.3 Å². The lowest BCUT2D eigenvalue weighted by Crippen LogP contribution is -2.30. The third-order valence-corrected chi connectivity index (χ3v) is 6.72. The second-order valence-electron chi connectivity index (χ2n) is 7.22. The number of hydrogen-bond acceptors (Lipinski definition) is 4. The lowest BCUT2D eigenvalue weighted by Gasteiger charge is -2.26. The summed E-state index contributed by atoms with van der Waals surface area (Å²) in [5.74, 6) is 0.555. The lowest BCUT2D eigenvalue weighted by atomic mass is 10.0. The fourth-order valence-corrected chi connectivity index (χ4v) is 4.71. The van der Waals surface area contributed by atoms with Crippen LogP contribution in [0.4, 0.5) is 5.69 Å². The quantitative estimate of drug-likeness (QED) is 0.509. The molecule has 1 amide bonds. The van der Waals surface area contributed by atoms with Crippen LogP contribution in [0.2, 0.25) is 5.02 Å². The molecule has 8 heteroatoms. The van der Waals surface area contributed by atoms with E-state index in [1.807, 2.05) is 24.3 Å². The minimum absolute atomic E-state index is 0.0952. The summed E-state index contributed by atoms with van der Waals surface area (Å²) in [5, 5.41) is 3.30. The van der Waals surface area contributed by atoms with Crippen molar-refractivity contribution < 1.29 is 17.9 Å². The highest BCUT2D eigenvalue weighted by Crippen LogP contribution is 2.31. The molecule has 1 aliphatic heterocycles. The Morgan fingerprint density at radius 1 is 1.00 bits per heavy atom. The van der Waals surface area contributed by atoms with Crippen molar-refractivity contribution in [2.75, 3.05) is 11.3 Å². The number of carbonyl (C=O) groups is 1. The molecule has 4 rings (SSSR count). The number of carbonyl (C=O) groups excluding carboxylic acids is 1. The van der Waals surface area contributed by atoms with Gasteiger partial charge >= 0.3 is 0 Å². The third-order valence-electron chi connectivity index (χ3n) is 5.01. The number of anilines is 1. The first-order valence-corrected chi connectivity index (χ1v) is 11.9. The molecule has 3 aromatic rings. The fraction of sp³-hybridized carbons (Fsp3) is 0.125. The summed E-state index contributed by atoms with van der Waals surface area (Å²) in [6.07, 6.45) is 3.77. The molecule has 0 fully saturated rings. The average Bonchev–Trinajstić information content (AvgIpc) is 2.80. The normalized spacial score (nSPS) is 15.6. The SMILES string of the molecule is O=C(/C=C/c1ccc(S(=O)(=O)Nc2ccccc2Cl)cc1)NC1CCOc2ccccc21. The molecule has 164 valence electrons. The van der Waals surface area contributed by atoms with Crippen LogP contribution < -0.4 is 14.8 Å². The van der Waals surface area contributed by atoms with Gasteiger partial charge < -0.3 is 10.1 Å². The second kappa shape index (κ2) is 9.46. The van der Waals surface area contributed by atoms with E-state index in [1.165, 1.54) is 18.2 Å². The summed E-state index contributed by atoms with van der Waals surface area (Å²) in [5.41, 5.74) is 1.97. The van der Waals surface area contributed by atoms with E-state index < -0.39 is 10.0 Å². The van der Waals surface area contributed by atoms with Crippen LogP contribution in [0.5, 0.6) is 5.75 Å². The van der Waals surface area contributed by atoms with Crippen LogP contribution >= 0.6 is 11.6 Å². The van der Waals surface area contributed by atoms with E-state index in [-0.39, 0.29) is 16.8 Å². The van der Waals surface area contributed by atoms with E-state index in [1.54, 1.807) is 42.5 Å². The van der Waals surface area contributed by atoms with Gasteiger partial charge in [-0.25, -0.2) is 8.42 Å². The van der Waals surface area contributed by atoms with Crippen molar-refractivity contribution in [3.05, 3.63) is 95.0 Å². The molecule has 0 bridgehead atoms. The highest BCUT2D eigenvalue weighted by atomic mass is 35.5. The fourth-order valence-electron chi connectivity index (χ4n) is 3.39. The van der Waals surface area contributed by atoms with E-state index in [2.05, 4.69) is 10.0 Å². The van der Waals surface area contributed by atoms with E-state index in [0.29, 0.717) is 29.3 Å². The average molecular weight is 469 g/mol. The zero-order valence-electron chi connectivity index (χ0n) is 17.0. The van der Waals surface area contributed by atoms with E-state index in [9.17, 15) is 13.2 Å². The summed E-state index contributed by atoms with van der Waals surface area (Å²) in [7, 11) is -3.78. The van der Waals surface area contributed by atoms with Gasteiger partial charge in [0, 0.05) is 18.1 Å². The monoisotopic (exact) mass is 468 g/mol. The molecule has 32 heavy (non-hydrogen) atoms. The Morgan fingerprint density at radius 2 is 1.72 bits per heavy atom. The van der Waals surface area contributed by atoms with Crippen LogP contribution in [0.15, 0.2) is 83.8 Å². The molecule has 0 saturated heterocycles. The minimum atomic E-state index is -3.78. The predicted octanol–water partition coefficient (Wildman–Crippen LogP) is 4.79. The molecule has 1 atom stereocenters. The highest BCUT2D eigenvalue weighted by Gasteiger charge is 2.21. The topological polar surface area (TPSA) is 84.5 Å².